The molecule has 8 nitrogen and oxygen atoms in total. The van der Waals surface area contributed by atoms with Crippen molar-refractivity contribution in [1.82, 2.24) is 24.8 Å². The van der Waals surface area contributed by atoms with E-state index >= 15 is 0 Å². The number of fused-ring (bicyclic) bond motifs is 1. The van der Waals surface area contributed by atoms with Gasteiger partial charge in [0.2, 0.25) is 0 Å². The number of hydrogen-bond donors (Lipinski definition) is 2. The number of amides is 1. The van der Waals surface area contributed by atoms with Gasteiger partial charge in [-0.25, -0.2) is 15.0 Å². The summed E-state index contributed by atoms with van der Waals surface area (Å²) in [7, 11) is 1.52. The average molecular weight is 325 g/mol. The molecule has 1 aromatic carbocycles. The molecule has 1 amide bonds. The molecule has 3 rings (SSSR count). The maximum absolute atomic E-state index is 12.2. The lowest BCUT2D eigenvalue weighted by molar-refractivity contribution is 0.0806. The van der Waals surface area contributed by atoms with Crippen LogP contribution in [0.5, 0.6) is 0 Å². The molecule has 0 bridgehead atoms. The van der Waals surface area contributed by atoms with Gasteiger partial charge in [0.15, 0.2) is 11.6 Å². The van der Waals surface area contributed by atoms with Gasteiger partial charge in [-0.05, 0) is 24.6 Å². The molecule has 0 aliphatic heterocycles. The van der Waals surface area contributed by atoms with Gasteiger partial charge >= 0.3 is 0 Å². The number of carbonyl (C=O) groups is 1. The number of nitriles is 1. The average Bonchev–Trinajstić information content (AvgIpc) is 2.97. The number of aromatic nitrogens is 4. The molecular formula is C16H19N7O. The number of anilines is 1. The van der Waals surface area contributed by atoms with Crippen LogP contribution in [0.3, 0.4) is 0 Å². The summed E-state index contributed by atoms with van der Waals surface area (Å²) in [5.41, 5.74) is 9.03. The van der Waals surface area contributed by atoms with Gasteiger partial charge in [0, 0.05) is 9.90 Å². The Balaban J connectivity index is 0.00000169. The summed E-state index contributed by atoms with van der Waals surface area (Å²) < 4.78 is 0. The van der Waals surface area contributed by atoms with E-state index in [9.17, 15) is 4.79 Å². The van der Waals surface area contributed by atoms with Crippen molar-refractivity contribution in [3.63, 3.8) is 0 Å². The maximum atomic E-state index is 12.2. The number of nitrogens with one attached hydrogen (secondary N) is 1. The Hall–Kier alpha value is -3.47. The Morgan fingerprint density at radius 3 is 3.00 bits per heavy atom. The van der Waals surface area contributed by atoms with E-state index in [-0.39, 0.29) is 20.9 Å². The van der Waals surface area contributed by atoms with Gasteiger partial charge in [-0.2, -0.15) is 5.26 Å². The molecule has 0 atom stereocenters. The number of rotatable bonds is 3. The Morgan fingerprint density at radius 2 is 2.25 bits per heavy atom. The first-order valence-electron chi connectivity index (χ1n) is 7.21. The fourth-order valence-corrected chi connectivity index (χ4v) is 2.28. The number of nitrogens with two attached hydrogens (primary N) is 1. The van der Waals surface area contributed by atoms with Gasteiger partial charge in [0.1, 0.15) is 17.9 Å². The Labute approximate surface area is 140 Å². The number of carbonyl (C=O) groups excluding carboxylic acids is 1. The lowest BCUT2D eigenvalue weighted by Crippen LogP contribution is -2.28. The molecule has 2 aromatic heterocycles. The van der Waals surface area contributed by atoms with Gasteiger partial charge in [-0.3, -0.25) is 4.79 Å². The number of imidazole rings is 1. The van der Waals surface area contributed by atoms with E-state index in [2.05, 4.69) is 19.9 Å². The van der Waals surface area contributed by atoms with Crippen molar-refractivity contribution in [2.45, 2.75) is 6.92 Å². The third-order valence-electron chi connectivity index (χ3n) is 3.54. The lowest BCUT2D eigenvalue weighted by atomic mass is 10.2. The second kappa shape index (κ2) is 5.96. The highest BCUT2D eigenvalue weighted by Crippen LogP contribution is 2.23. The maximum Gasteiger partial charge on any atom is 0.274 e. The standard InChI is InChI=1S/C16H15N7O.2H2/c1-9-3-4-10-11(7-9)22-15(21-10)13-14(18)19-8-12(20-13)16(24)23(2)6-5-17;;/h3-4,7-8H,6H2,1-2H3,(H2,18,19)(H,21,22);2*1H. The minimum atomic E-state index is -0.405. The van der Waals surface area contributed by atoms with Crippen molar-refractivity contribution in [2.75, 3.05) is 19.3 Å². The summed E-state index contributed by atoms with van der Waals surface area (Å²) in [6.07, 6.45) is 1.29. The predicted molar refractivity (Wildman–Crippen MR) is 93.1 cm³/mol. The van der Waals surface area contributed by atoms with Gasteiger partial charge in [0.05, 0.1) is 23.3 Å². The summed E-state index contributed by atoms with van der Waals surface area (Å²) >= 11 is 0. The highest BCUT2D eigenvalue weighted by atomic mass is 16.2. The van der Waals surface area contributed by atoms with E-state index in [1.807, 2.05) is 31.2 Å². The van der Waals surface area contributed by atoms with Crippen LogP contribution in [0, 0.1) is 18.3 Å². The van der Waals surface area contributed by atoms with E-state index in [4.69, 9.17) is 11.0 Å². The number of nitrogen functional groups attached to an aromatic ring is 1. The van der Waals surface area contributed by atoms with Crippen LogP contribution in [0.4, 0.5) is 5.82 Å². The van der Waals surface area contributed by atoms with E-state index in [1.54, 1.807) is 0 Å². The van der Waals surface area contributed by atoms with Crippen molar-refractivity contribution < 1.29 is 7.65 Å². The third-order valence-corrected chi connectivity index (χ3v) is 3.54. The summed E-state index contributed by atoms with van der Waals surface area (Å²) in [5, 5.41) is 8.70. The molecule has 24 heavy (non-hydrogen) atoms. The number of nitrogens with zero attached hydrogens (tertiary/aromatic N) is 5. The summed E-state index contributed by atoms with van der Waals surface area (Å²) in [6, 6.07) is 7.73. The Kier molecular flexibility index (Phi) is 3.83. The van der Waals surface area contributed by atoms with Crippen LogP contribution >= 0.6 is 0 Å². The predicted octanol–water partition coefficient (Wildman–Crippen LogP) is 2.00. The van der Waals surface area contributed by atoms with E-state index in [1.165, 1.54) is 18.1 Å². The third kappa shape index (κ3) is 2.75. The van der Waals surface area contributed by atoms with Crippen LogP contribution in [0.1, 0.15) is 18.9 Å². The van der Waals surface area contributed by atoms with Gasteiger partial charge in [-0.1, -0.05) is 6.07 Å². The highest BCUT2D eigenvalue weighted by molar-refractivity contribution is 5.93. The van der Waals surface area contributed by atoms with Gasteiger partial charge in [0.25, 0.3) is 5.91 Å². The zero-order chi connectivity index (χ0) is 17.3. The molecule has 0 spiro atoms. The van der Waals surface area contributed by atoms with E-state index in [0.717, 1.165) is 16.6 Å². The molecular weight excluding hydrogens is 306 g/mol. The summed E-state index contributed by atoms with van der Waals surface area (Å²) in [5.74, 6) is 0.209. The Bertz CT molecular complexity index is 980. The van der Waals surface area contributed by atoms with Crippen LogP contribution in [-0.2, 0) is 0 Å². The topological polar surface area (TPSA) is 125 Å². The first-order chi connectivity index (χ1) is 11.5. The van der Waals surface area contributed by atoms with E-state index < -0.39 is 5.91 Å². The van der Waals surface area contributed by atoms with Crippen LogP contribution in [0.15, 0.2) is 24.4 Å². The smallest absolute Gasteiger partial charge is 0.274 e. The molecule has 124 valence electrons. The molecule has 3 N–H and O–H groups in total. The molecule has 0 fully saturated rings. The summed E-state index contributed by atoms with van der Waals surface area (Å²) in [4.78, 5) is 29.4. The Morgan fingerprint density at radius 1 is 1.46 bits per heavy atom. The van der Waals surface area contributed by atoms with Crippen molar-refractivity contribution in [2.24, 2.45) is 0 Å². The second-order valence-corrected chi connectivity index (χ2v) is 5.41. The van der Waals surface area contributed by atoms with Gasteiger partial charge in [-0.15, -0.1) is 0 Å². The normalized spacial score (nSPS) is 10.5. The minimum Gasteiger partial charge on any atom is -0.382 e. The number of hydrogen-bond acceptors (Lipinski definition) is 6. The van der Waals surface area contributed by atoms with Crippen LogP contribution in [-0.4, -0.2) is 44.3 Å². The fourth-order valence-electron chi connectivity index (χ4n) is 2.28. The minimum absolute atomic E-state index is 0. The van der Waals surface area contributed by atoms with Crippen molar-refractivity contribution >= 4 is 22.8 Å². The zero-order valence-corrected chi connectivity index (χ0v) is 13.2. The number of benzene rings is 1. The van der Waals surface area contributed by atoms with E-state index in [0.29, 0.717) is 11.5 Å². The molecule has 0 unspecified atom stereocenters. The quantitative estimate of drug-likeness (QED) is 0.710. The van der Waals surface area contributed by atoms with Crippen molar-refractivity contribution in [3.8, 4) is 17.6 Å². The first kappa shape index (κ1) is 15.4. The molecule has 3 aromatic rings. The molecule has 8 heteroatoms. The first-order valence-corrected chi connectivity index (χ1v) is 7.21. The highest BCUT2D eigenvalue weighted by Gasteiger charge is 2.18. The number of aromatic amines is 1. The monoisotopic (exact) mass is 325 g/mol. The molecule has 0 saturated carbocycles. The molecule has 2 heterocycles. The SMILES string of the molecule is Cc1ccc2nc(-c3nc(C(=O)N(C)CC#N)cnc3N)[nH]c2c1.[HH].[HH]. The summed E-state index contributed by atoms with van der Waals surface area (Å²) in [6.45, 7) is 1.95. The zero-order valence-electron chi connectivity index (χ0n) is 13.2. The molecule has 0 aliphatic carbocycles. The lowest BCUT2D eigenvalue weighted by Gasteiger charge is -2.12. The largest absolute Gasteiger partial charge is 0.382 e. The van der Waals surface area contributed by atoms with Crippen LogP contribution in [0.2, 0.25) is 0 Å². The molecule has 0 saturated heterocycles. The van der Waals surface area contributed by atoms with Crippen LogP contribution < -0.4 is 5.73 Å². The number of H-pyrrole nitrogens is 1. The van der Waals surface area contributed by atoms with Crippen molar-refractivity contribution in [1.29, 1.82) is 5.26 Å². The van der Waals surface area contributed by atoms with Gasteiger partial charge < -0.3 is 15.6 Å². The second-order valence-electron chi connectivity index (χ2n) is 5.41. The van der Waals surface area contributed by atoms with Crippen LogP contribution in [0.25, 0.3) is 22.6 Å². The molecule has 0 radical (unpaired) electrons. The van der Waals surface area contributed by atoms with Crippen molar-refractivity contribution in [3.05, 3.63) is 35.7 Å². The molecule has 0 aliphatic rings. The number of aryl methyl sites for hydroxylation is 1. The fraction of sp³-hybridized carbons (Fsp3) is 0.188.